The smallest absolute Gasteiger partial charge is 0.206 e. The minimum absolute atomic E-state index is 0.355. The van der Waals surface area contributed by atoms with Crippen molar-refractivity contribution in [1.82, 2.24) is 5.32 Å². The molecule has 3 atom stereocenters. The van der Waals surface area contributed by atoms with Crippen LogP contribution < -0.4 is 10.2 Å². The molecule has 2 aromatic rings. The zero-order valence-electron chi connectivity index (χ0n) is 14.6. The summed E-state index contributed by atoms with van der Waals surface area (Å²) in [6.07, 6.45) is 2.12. The van der Waals surface area contributed by atoms with E-state index in [1.807, 2.05) is 18.2 Å². The lowest BCUT2D eigenvalue weighted by molar-refractivity contribution is 0.496. The maximum Gasteiger partial charge on any atom is 0.206 e. The van der Waals surface area contributed by atoms with Crippen molar-refractivity contribution in [3.8, 4) is 0 Å². The van der Waals surface area contributed by atoms with Gasteiger partial charge in [0.1, 0.15) is 0 Å². The first-order valence-electron chi connectivity index (χ1n) is 8.89. The largest absolute Gasteiger partial charge is 0.371 e. The fourth-order valence-electron chi connectivity index (χ4n) is 4.33. The van der Waals surface area contributed by atoms with Crippen LogP contribution >= 0.6 is 0 Å². The fourth-order valence-corrected chi connectivity index (χ4v) is 5.65. The van der Waals surface area contributed by atoms with Crippen LogP contribution in [0.3, 0.4) is 0 Å². The second-order valence-corrected chi connectivity index (χ2v) is 9.15. The van der Waals surface area contributed by atoms with Crippen LogP contribution in [0.2, 0.25) is 0 Å². The Balaban J connectivity index is 1.78. The number of hydrogen-bond donors (Lipinski definition) is 1. The van der Waals surface area contributed by atoms with E-state index in [0.29, 0.717) is 27.8 Å². The van der Waals surface area contributed by atoms with E-state index in [1.54, 1.807) is 30.3 Å². The molecule has 4 nitrogen and oxygen atoms in total. The molecule has 2 aliphatic heterocycles. The van der Waals surface area contributed by atoms with Gasteiger partial charge in [-0.1, -0.05) is 18.2 Å². The first-order valence-corrected chi connectivity index (χ1v) is 10.4. The van der Waals surface area contributed by atoms with Crippen molar-refractivity contribution in [2.45, 2.75) is 47.6 Å². The zero-order chi connectivity index (χ0) is 17.6. The van der Waals surface area contributed by atoms with Crippen LogP contribution in [0.5, 0.6) is 0 Å². The fraction of sp³-hybridized carbons (Fsp3) is 0.400. The number of fused-ring (bicyclic) bond motifs is 3. The summed E-state index contributed by atoms with van der Waals surface area (Å²) in [5.41, 5.74) is 2.36. The highest BCUT2D eigenvalue weighted by atomic mass is 32.2. The molecule has 0 amide bonds. The Hall–Kier alpha value is -1.85. The maximum atomic E-state index is 13.0. The summed E-state index contributed by atoms with van der Waals surface area (Å²) in [6.45, 7) is 3.22. The molecule has 1 unspecified atom stereocenters. The summed E-state index contributed by atoms with van der Waals surface area (Å²) in [4.78, 5) is 3.09. The van der Waals surface area contributed by atoms with E-state index < -0.39 is 9.84 Å². The lowest BCUT2D eigenvalue weighted by Gasteiger charge is -2.25. The Bertz CT molecular complexity index is 880. The first kappa shape index (κ1) is 16.6. The van der Waals surface area contributed by atoms with Crippen LogP contribution in [0.25, 0.3) is 0 Å². The van der Waals surface area contributed by atoms with Crippen LogP contribution in [-0.2, 0) is 9.84 Å². The highest BCUT2D eigenvalue weighted by Gasteiger charge is 2.39. The van der Waals surface area contributed by atoms with Crippen molar-refractivity contribution >= 4 is 15.5 Å². The van der Waals surface area contributed by atoms with Gasteiger partial charge in [-0.15, -0.1) is 0 Å². The van der Waals surface area contributed by atoms with Crippen LogP contribution in [0, 0.1) is 0 Å². The average molecular weight is 356 g/mol. The number of nitrogens with one attached hydrogen (secondary N) is 1. The van der Waals surface area contributed by atoms with Crippen LogP contribution in [0.4, 0.5) is 5.69 Å². The maximum absolute atomic E-state index is 13.0. The second-order valence-electron chi connectivity index (χ2n) is 7.20. The van der Waals surface area contributed by atoms with Crippen molar-refractivity contribution in [2.75, 3.05) is 18.5 Å². The standard InChI is InChI=1S/C20H24N2O2S/c1-14-12-17-18-13-16(25(23,24)15-6-4-3-5-7-15)8-9-19(18)22(2)20(17)10-11-21-14/h3-9,13-14,17,20-21H,10-12H2,1-2H3/t14?,17-,20-/m1/s1. The van der Waals surface area contributed by atoms with Gasteiger partial charge in [-0.05, 0) is 62.2 Å². The molecule has 25 heavy (non-hydrogen) atoms. The van der Waals surface area contributed by atoms with Crippen molar-refractivity contribution in [1.29, 1.82) is 0 Å². The van der Waals surface area contributed by atoms with Crippen molar-refractivity contribution in [3.05, 3.63) is 54.1 Å². The molecule has 2 heterocycles. The Morgan fingerprint density at radius 2 is 1.84 bits per heavy atom. The number of anilines is 1. The zero-order valence-corrected chi connectivity index (χ0v) is 15.5. The Kier molecular flexibility index (Phi) is 4.08. The lowest BCUT2D eigenvalue weighted by Crippen LogP contribution is -2.31. The molecule has 0 spiro atoms. The highest BCUT2D eigenvalue weighted by molar-refractivity contribution is 7.91. The number of rotatable bonds is 2. The Labute approximate surface area is 149 Å². The number of nitrogens with zero attached hydrogens (tertiary/aromatic N) is 1. The summed E-state index contributed by atoms with van der Waals surface area (Å²) in [7, 11) is -1.34. The summed E-state index contributed by atoms with van der Waals surface area (Å²) in [5, 5.41) is 3.55. The molecule has 5 heteroatoms. The van der Waals surface area contributed by atoms with E-state index in [0.717, 1.165) is 19.4 Å². The van der Waals surface area contributed by atoms with Gasteiger partial charge in [-0.2, -0.15) is 0 Å². The van der Waals surface area contributed by atoms with E-state index >= 15 is 0 Å². The topological polar surface area (TPSA) is 49.4 Å². The number of sulfone groups is 1. The molecular weight excluding hydrogens is 332 g/mol. The molecule has 2 aromatic carbocycles. The minimum atomic E-state index is -3.47. The summed E-state index contributed by atoms with van der Waals surface area (Å²) in [6, 6.07) is 15.2. The SMILES string of the molecule is CC1C[C@@H]2c3cc(S(=O)(=O)c4ccccc4)ccc3N(C)[C@@H]2CCN1. The van der Waals surface area contributed by atoms with E-state index in [9.17, 15) is 8.42 Å². The van der Waals surface area contributed by atoms with Crippen LogP contribution in [0.15, 0.2) is 58.3 Å². The molecule has 4 rings (SSSR count). The molecule has 0 aromatic heterocycles. The summed E-state index contributed by atoms with van der Waals surface area (Å²) >= 11 is 0. The number of likely N-dealkylation sites (N-methyl/N-ethyl adjacent to an activating group) is 1. The molecule has 0 bridgehead atoms. The normalized spacial score (nSPS) is 26.0. The second kappa shape index (κ2) is 6.15. The Morgan fingerprint density at radius 3 is 2.60 bits per heavy atom. The summed E-state index contributed by atoms with van der Waals surface area (Å²) in [5.74, 6) is 0.385. The predicted octanol–water partition coefficient (Wildman–Crippen LogP) is 3.19. The van der Waals surface area contributed by atoms with Gasteiger partial charge in [0.2, 0.25) is 9.84 Å². The third-order valence-corrected chi connectivity index (χ3v) is 7.41. The predicted molar refractivity (Wildman–Crippen MR) is 100.0 cm³/mol. The van der Waals surface area contributed by atoms with Gasteiger partial charge >= 0.3 is 0 Å². The molecule has 0 aliphatic carbocycles. The number of benzene rings is 2. The van der Waals surface area contributed by atoms with Gasteiger partial charge in [0.15, 0.2) is 0 Å². The van der Waals surface area contributed by atoms with Gasteiger partial charge in [0.25, 0.3) is 0 Å². The monoisotopic (exact) mass is 356 g/mol. The van der Waals surface area contributed by atoms with Crippen LogP contribution in [0.1, 0.15) is 31.2 Å². The van der Waals surface area contributed by atoms with Crippen LogP contribution in [-0.4, -0.2) is 34.1 Å². The molecule has 2 aliphatic rings. The van der Waals surface area contributed by atoms with Crippen molar-refractivity contribution in [2.24, 2.45) is 0 Å². The quantitative estimate of drug-likeness (QED) is 0.898. The van der Waals surface area contributed by atoms with Gasteiger partial charge in [0.05, 0.1) is 9.79 Å². The third kappa shape index (κ3) is 2.75. The molecule has 1 fully saturated rings. The Morgan fingerprint density at radius 1 is 1.08 bits per heavy atom. The minimum Gasteiger partial charge on any atom is -0.371 e. The average Bonchev–Trinajstić information content (AvgIpc) is 2.76. The molecule has 0 saturated carbocycles. The van der Waals surface area contributed by atoms with Gasteiger partial charge < -0.3 is 10.2 Å². The summed E-state index contributed by atoms with van der Waals surface area (Å²) < 4.78 is 26.0. The van der Waals surface area contributed by atoms with Gasteiger partial charge in [-0.3, -0.25) is 0 Å². The molecule has 1 N–H and O–H groups in total. The highest BCUT2D eigenvalue weighted by Crippen LogP contribution is 2.45. The molecule has 132 valence electrons. The van der Waals surface area contributed by atoms with E-state index in [-0.39, 0.29) is 0 Å². The van der Waals surface area contributed by atoms with Gasteiger partial charge in [0, 0.05) is 30.7 Å². The lowest BCUT2D eigenvalue weighted by atomic mass is 9.89. The molecule has 1 saturated heterocycles. The van der Waals surface area contributed by atoms with Gasteiger partial charge in [-0.25, -0.2) is 8.42 Å². The molecular formula is C20H24N2O2S. The first-order chi connectivity index (χ1) is 12.0. The van der Waals surface area contributed by atoms with E-state index in [4.69, 9.17) is 0 Å². The van der Waals surface area contributed by atoms with Crippen molar-refractivity contribution < 1.29 is 8.42 Å². The number of hydrogen-bond acceptors (Lipinski definition) is 4. The molecule has 0 radical (unpaired) electrons. The third-order valence-electron chi connectivity index (χ3n) is 5.64. The van der Waals surface area contributed by atoms with E-state index in [2.05, 4.69) is 24.2 Å². The van der Waals surface area contributed by atoms with Crippen molar-refractivity contribution in [3.63, 3.8) is 0 Å². The van der Waals surface area contributed by atoms with E-state index in [1.165, 1.54) is 11.3 Å².